The third-order valence-electron chi connectivity index (χ3n) is 6.08. The van der Waals surface area contributed by atoms with E-state index in [9.17, 15) is 27.2 Å². The Morgan fingerprint density at radius 1 is 1.26 bits per heavy atom. The molecule has 0 spiro atoms. The van der Waals surface area contributed by atoms with Gasteiger partial charge in [-0.15, -0.1) is 0 Å². The molecule has 1 heterocycles. The number of alkyl halides is 3. The lowest BCUT2D eigenvalue weighted by Gasteiger charge is -2.35. The highest BCUT2D eigenvalue weighted by atomic mass is 19.4. The lowest BCUT2D eigenvalue weighted by Crippen LogP contribution is -2.51. The summed E-state index contributed by atoms with van der Waals surface area (Å²) in [5, 5.41) is 5.54. The Labute approximate surface area is 194 Å². The number of halogens is 4. The predicted molar refractivity (Wildman–Crippen MR) is 120 cm³/mol. The molecule has 1 aliphatic carbocycles. The Balaban J connectivity index is 1.53. The fourth-order valence-electron chi connectivity index (χ4n) is 3.97. The van der Waals surface area contributed by atoms with Gasteiger partial charge in [0.15, 0.2) is 0 Å². The Morgan fingerprint density at radius 2 is 1.94 bits per heavy atom. The fourth-order valence-corrected chi connectivity index (χ4v) is 3.97. The van der Waals surface area contributed by atoms with Crippen molar-refractivity contribution in [1.29, 1.82) is 0 Å². The molecule has 2 aliphatic rings. The van der Waals surface area contributed by atoms with Crippen molar-refractivity contribution in [2.75, 3.05) is 24.5 Å². The second-order valence-electron chi connectivity index (χ2n) is 8.39. The number of anilines is 1. The number of carbonyl (C=O) groups is 2. The van der Waals surface area contributed by atoms with Crippen LogP contribution in [0.1, 0.15) is 31.2 Å². The van der Waals surface area contributed by atoms with E-state index < -0.39 is 29.0 Å². The maximum atomic E-state index is 13.9. The largest absolute Gasteiger partial charge is 0.421 e. The number of nitrogens with zero attached hydrogens (tertiary/aromatic N) is 2. The molecule has 1 aromatic carbocycles. The Morgan fingerprint density at radius 3 is 2.50 bits per heavy atom. The highest BCUT2D eigenvalue weighted by Gasteiger charge is 2.51. The fraction of sp³-hybridized carbons (Fsp3) is 0.435. The molecule has 184 valence electrons. The molecule has 2 fully saturated rings. The number of piperidine rings is 1. The van der Waals surface area contributed by atoms with E-state index in [1.165, 1.54) is 29.4 Å². The van der Waals surface area contributed by atoms with Gasteiger partial charge in [-0.1, -0.05) is 12.6 Å². The predicted octanol–water partition coefficient (Wildman–Crippen LogP) is 2.88. The smallest absolute Gasteiger partial charge is 0.404 e. The zero-order valence-corrected chi connectivity index (χ0v) is 18.5. The van der Waals surface area contributed by atoms with Gasteiger partial charge in [0.25, 0.3) is 5.91 Å². The minimum atomic E-state index is -4.79. The van der Waals surface area contributed by atoms with Crippen LogP contribution in [0.15, 0.2) is 47.7 Å². The van der Waals surface area contributed by atoms with Crippen LogP contribution in [-0.4, -0.2) is 43.2 Å². The maximum absolute atomic E-state index is 13.9. The number of nitrogens with one attached hydrogen (secondary N) is 2. The van der Waals surface area contributed by atoms with E-state index in [0.29, 0.717) is 45.3 Å². The van der Waals surface area contributed by atoms with Crippen LogP contribution < -0.4 is 21.3 Å². The Bertz CT molecular complexity index is 994. The molecule has 3 rings (SSSR count). The van der Waals surface area contributed by atoms with Crippen LogP contribution in [0.3, 0.4) is 0 Å². The molecule has 2 amide bonds. The van der Waals surface area contributed by atoms with Crippen LogP contribution in [0.25, 0.3) is 0 Å². The monoisotopic (exact) mass is 481 g/mol. The zero-order chi connectivity index (χ0) is 24.9. The van der Waals surface area contributed by atoms with Gasteiger partial charge in [0, 0.05) is 38.2 Å². The van der Waals surface area contributed by atoms with Crippen molar-refractivity contribution in [3.63, 3.8) is 0 Å². The summed E-state index contributed by atoms with van der Waals surface area (Å²) < 4.78 is 53.9. The first-order valence-corrected chi connectivity index (χ1v) is 10.9. The van der Waals surface area contributed by atoms with Gasteiger partial charge >= 0.3 is 6.18 Å². The van der Waals surface area contributed by atoms with Gasteiger partial charge in [-0.25, -0.2) is 4.39 Å². The lowest BCUT2D eigenvalue weighted by molar-refractivity contribution is -0.139. The Hall–Kier alpha value is -3.37. The first-order chi connectivity index (χ1) is 16.1. The van der Waals surface area contributed by atoms with Crippen molar-refractivity contribution in [2.45, 2.75) is 37.4 Å². The summed E-state index contributed by atoms with van der Waals surface area (Å²) in [5.41, 5.74) is 3.12. The number of aliphatic imine (C=N–C) groups is 1. The van der Waals surface area contributed by atoms with Crippen LogP contribution in [0.2, 0.25) is 0 Å². The van der Waals surface area contributed by atoms with E-state index in [0.717, 1.165) is 12.3 Å². The molecule has 7 nitrogen and oxygen atoms in total. The summed E-state index contributed by atoms with van der Waals surface area (Å²) in [6.07, 6.45) is 0.834. The normalized spacial score (nSPS) is 18.6. The van der Waals surface area contributed by atoms with Crippen LogP contribution in [0.4, 0.5) is 23.2 Å². The maximum Gasteiger partial charge on any atom is 0.421 e. The van der Waals surface area contributed by atoms with Gasteiger partial charge in [-0.2, -0.15) is 13.2 Å². The SMILES string of the molecule is C=CN=C/C(=C\N)C(=O)NC1(C(=O)NCC2CCN(c3cccc(F)c3C(F)(F)F)CC2)CC1. The van der Waals surface area contributed by atoms with Crippen LogP contribution in [0, 0.1) is 11.7 Å². The highest BCUT2D eigenvalue weighted by molar-refractivity contribution is 6.13. The van der Waals surface area contributed by atoms with Crippen molar-refractivity contribution in [3.05, 3.63) is 54.1 Å². The van der Waals surface area contributed by atoms with E-state index >= 15 is 0 Å². The number of nitrogens with two attached hydrogens (primary N) is 1. The van der Waals surface area contributed by atoms with Gasteiger partial charge in [0.05, 0.1) is 11.3 Å². The average Bonchev–Trinajstić information content (AvgIpc) is 3.58. The zero-order valence-electron chi connectivity index (χ0n) is 18.5. The number of carbonyl (C=O) groups excluding carboxylic acids is 2. The van der Waals surface area contributed by atoms with Crippen LogP contribution in [-0.2, 0) is 15.8 Å². The van der Waals surface area contributed by atoms with Gasteiger partial charge in [-0.05, 0) is 43.7 Å². The number of hydrogen-bond donors (Lipinski definition) is 3. The van der Waals surface area contributed by atoms with Gasteiger partial charge in [0.1, 0.15) is 16.9 Å². The number of rotatable bonds is 8. The summed E-state index contributed by atoms with van der Waals surface area (Å²) in [6.45, 7) is 4.37. The molecule has 0 atom stereocenters. The molecule has 1 aromatic rings. The van der Waals surface area contributed by atoms with Crippen molar-refractivity contribution in [2.24, 2.45) is 16.6 Å². The second kappa shape index (κ2) is 10.3. The average molecular weight is 481 g/mol. The molecule has 4 N–H and O–H groups in total. The topological polar surface area (TPSA) is 99.8 Å². The third-order valence-corrected chi connectivity index (χ3v) is 6.08. The van der Waals surface area contributed by atoms with Gasteiger partial charge < -0.3 is 21.3 Å². The number of hydrogen-bond acceptors (Lipinski definition) is 5. The Kier molecular flexibility index (Phi) is 7.63. The molecule has 0 aromatic heterocycles. The molecule has 0 radical (unpaired) electrons. The van der Waals surface area contributed by atoms with Crippen molar-refractivity contribution in [1.82, 2.24) is 10.6 Å². The van der Waals surface area contributed by atoms with Crippen molar-refractivity contribution < 1.29 is 27.2 Å². The number of benzene rings is 1. The van der Waals surface area contributed by atoms with E-state index in [4.69, 9.17) is 5.73 Å². The molecular weight excluding hydrogens is 454 g/mol. The molecule has 1 aliphatic heterocycles. The van der Waals surface area contributed by atoms with E-state index in [1.54, 1.807) is 0 Å². The molecule has 11 heteroatoms. The van der Waals surface area contributed by atoms with Crippen molar-refractivity contribution in [3.8, 4) is 0 Å². The van der Waals surface area contributed by atoms with Crippen molar-refractivity contribution >= 4 is 23.7 Å². The quantitative estimate of drug-likeness (QED) is 0.302. The summed E-state index contributed by atoms with van der Waals surface area (Å²) in [6, 6.07) is 3.35. The minimum absolute atomic E-state index is 0.0498. The van der Waals surface area contributed by atoms with E-state index in [-0.39, 0.29) is 23.1 Å². The first-order valence-electron chi connectivity index (χ1n) is 10.9. The van der Waals surface area contributed by atoms with Crippen LogP contribution >= 0.6 is 0 Å². The molecule has 34 heavy (non-hydrogen) atoms. The number of amides is 2. The van der Waals surface area contributed by atoms with Gasteiger partial charge in [0.2, 0.25) is 5.91 Å². The lowest BCUT2D eigenvalue weighted by atomic mass is 9.95. The molecular formula is C23H27F4N5O2. The van der Waals surface area contributed by atoms with E-state index in [1.807, 2.05) is 0 Å². The van der Waals surface area contributed by atoms with Gasteiger partial charge in [-0.3, -0.25) is 14.6 Å². The first kappa shape index (κ1) is 25.3. The highest BCUT2D eigenvalue weighted by Crippen LogP contribution is 2.40. The summed E-state index contributed by atoms with van der Waals surface area (Å²) in [4.78, 5) is 30.3. The summed E-state index contributed by atoms with van der Waals surface area (Å²) in [7, 11) is 0. The second-order valence-corrected chi connectivity index (χ2v) is 8.39. The summed E-state index contributed by atoms with van der Waals surface area (Å²) >= 11 is 0. The summed E-state index contributed by atoms with van der Waals surface area (Å²) in [5.74, 6) is -2.08. The third kappa shape index (κ3) is 5.75. The molecule has 0 unspecified atom stereocenters. The van der Waals surface area contributed by atoms with E-state index in [2.05, 4.69) is 22.2 Å². The standard InChI is InChI=1S/C23H27F4N5O2/c1-2-29-14-16(12-28)20(33)31-22(8-9-22)21(34)30-13-15-6-10-32(11-7-15)18-5-3-4-17(24)19(18)23(25,26)27/h2-5,12,14-15H,1,6-11,13,28H2,(H,30,34)(H,31,33)/b16-12+,29-14?. The molecule has 0 bridgehead atoms. The minimum Gasteiger partial charge on any atom is -0.404 e. The van der Waals surface area contributed by atoms with Crippen LogP contribution in [0.5, 0.6) is 0 Å². The molecule has 1 saturated carbocycles. The molecule has 1 saturated heterocycles.